The lowest BCUT2D eigenvalue weighted by Crippen LogP contribution is -2.29. The maximum Gasteiger partial charge on any atom is 0.416 e. The maximum atomic E-state index is 12.9. The highest BCUT2D eigenvalue weighted by molar-refractivity contribution is 5.86. The molecular weight excluding hydrogens is 321 g/mol. The summed E-state index contributed by atoms with van der Waals surface area (Å²) in [6, 6.07) is 3.29. The molecule has 0 atom stereocenters. The second kappa shape index (κ2) is 7.01. The van der Waals surface area contributed by atoms with Crippen molar-refractivity contribution in [1.82, 2.24) is 0 Å². The fraction of sp³-hybridized carbons (Fsp3) is 0.588. The topological polar surface area (TPSA) is 64.3 Å². The highest BCUT2D eigenvalue weighted by atomic mass is 19.4. The normalized spacial score (nSPS) is 12.9. The van der Waals surface area contributed by atoms with Gasteiger partial charge in [0.1, 0.15) is 5.60 Å². The number of nitrogens with two attached hydrogens (primary N) is 1. The molecule has 0 aliphatic carbocycles. The van der Waals surface area contributed by atoms with Crippen molar-refractivity contribution < 1.29 is 22.7 Å². The molecule has 0 aliphatic heterocycles. The number of anilines is 1. The van der Waals surface area contributed by atoms with E-state index in [1.165, 1.54) is 6.07 Å². The number of nitrogens with one attached hydrogen (secondary N) is 1. The highest BCUT2D eigenvalue weighted by Crippen LogP contribution is 2.34. The molecule has 7 heteroatoms. The van der Waals surface area contributed by atoms with E-state index in [1.54, 1.807) is 20.8 Å². The van der Waals surface area contributed by atoms with Gasteiger partial charge in [-0.3, -0.25) is 5.32 Å². The predicted octanol–water partition coefficient (Wildman–Crippen LogP) is 4.58. The SMILES string of the molecule is CC(C)(CN)Cc1ccc(C(F)(F)F)cc1NC(=O)OC(C)(C)C. The monoisotopic (exact) mass is 346 g/mol. The van der Waals surface area contributed by atoms with Crippen LogP contribution in [0, 0.1) is 5.41 Å². The average molecular weight is 346 g/mol. The number of hydrogen-bond acceptors (Lipinski definition) is 3. The molecule has 0 radical (unpaired) electrons. The number of alkyl halides is 3. The Kier molecular flexibility index (Phi) is 5.92. The second-order valence-electron chi connectivity index (χ2n) is 7.54. The Morgan fingerprint density at radius 2 is 1.75 bits per heavy atom. The Morgan fingerprint density at radius 3 is 2.21 bits per heavy atom. The second-order valence-corrected chi connectivity index (χ2v) is 7.54. The van der Waals surface area contributed by atoms with E-state index >= 15 is 0 Å². The minimum absolute atomic E-state index is 0.0839. The van der Waals surface area contributed by atoms with Crippen molar-refractivity contribution in [1.29, 1.82) is 0 Å². The minimum atomic E-state index is -4.49. The fourth-order valence-corrected chi connectivity index (χ4v) is 2.02. The van der Waals surface area contributed by atoms with Crippen LogP contribution in [0.1, 0.15) is 45.7 Å². The molecular formula is C17H25F3N2O2. The fourth-order valence-electron chi connectivity index (χ4n) is 2.02. The van der Waals surface area contributed by atoms with Crippen molar-refractivity contribution in [2.24, 2.45) is 11.1 Å². The van der Waals surface area contributed by atoms with Gasteiger partial charge >= 0.3 is 12.3 Å². The lowest BCUT2D eigenvalue weighted by molar-refractivity contribution is -0.137. The summed E-state index contributed by atoms with van der Waals surface area (Å²) < 4.78 is 44.0. The molecule has 0 fully saturated rings. The van der Waals surface area contributed by atoms with Crippen LogP contribution in [0.3, 0.4) is 0 Å². The van der Waals surface area contributed by atoms with E-state index in [0.717, 1.165) is 12.1 Å². The van der Waals surface area contributed by atoms with Crippen molar-refractivity contribution >= 4 is 11.8 Å². The molecule has 24 heavy (non-hydrogen) atoms. The van der Waals surface area contributed by atoms with Crippen LogP contribution in [-0.4, -0.2) is 18.2 Å². The molecule has 136 valence electrons. The molecule has 3 N–H and O–H groups in total. The standard InChI is InChI=1S/C17H25F3N2O2/c1-15(2,3)24-14(23)22-13-8-12(17(18,19)20)7-6-11(13)9-16(4,5)10-21/h6-8H,9-10,21H2,1-5H3,(H,22,23). The summed E-state index contributed by atoms with van der Waals surface area (Å²) in [4.78, 5) is 11.9. The number of carbonyl (C=O) groups is 1. The Balaban J connectivity index is 3.17. The number of rotatable bonds is 4. The van der Waals surface area contributed by atoms with Gasteiger partial charge in [-0.15, -0.1) is 0 Å². The first-order chi connectivity index (χ1) is 10.7. The molecule has 0 saturated heterocycles. The van der Waals surface area contributed by atoms with E-state index in [1.807, 2.05) is 13.8 Å². The van der Waals surface area contributed by atoms with Gasteiger partial charge in [-0.1, -0.05) is 19.9 Å². The van der Waals surface area contributed by atoms with Crippen molar-refractivity contribution in [2.75, 3.05) is 11.9 Å². The summed E-state index contributed by atoms with van der Waals surface area (Å²) in [6.07, 6.45) is -4.87. The summed E-state index contributed by atoms with van der Waals surface area (Å²) in [7, 11) is 0. The van der Waals surface area contributed by atoms with Gasteiger partial charge in [0.2, 0.25) is 0 Å². The molecule has 0 aliphatic rings. The van der Waals surface area contributed by atoms with Crippen LogP contribution in [0.25, 0.3) is 0 Å². The van der Waals surface area contributed by atoms with Crippen LogP contribution in [0.5, 0.6) is 0 Å². The summed E-state index contributed by atoms with van der Waals surface area (Å²) in [5.74, 6) is 0. The quantitative estimate of drug-likeness (QED) is 0.839. The zero-order valence-electron chi connectivity index (χ0n) is 14.7. The summed E-state index contributed by atoms with van der Waals surface area (Å²) >= 11 is 0. The zero-order chi connectivity index (χ0) is 18.8. The molecule has 1 aromatic carbocycles. The van der Waals surface area contributed by atoms with Crippen LogP contribution in [0.15, 0.2) is 18.2 Å². The van der Waals surface area contributed by atoms with E-state index in [2.05, 4.69) is 5.32 Å². The van der Waals surface area contributed by atoms with Gasteiger partial charge in [0.05, 0.1) is 5.56 Å². The summed E-state index contributed by atoms with van der Waals surface area (Å²) in [6.45, 7) is 9.20. The maximum absolute atomic E-state index is 12.9. The summed E-state index contributed by atoms with van der Waals surface area (Å²) in [5, 5.41) is 2.42. The molecule has 0 aromatic heterocycles. The number of benzene rings is 1. The molecule has 0 bridgehead atoms. The first kappa shape index (κ1) is 20.3. The first-order valence-electron chi connectivity index (χ1n) is 7.64. The number of hydrogen-bond donors (Lipinski definition) is 2. The van der Waals surface area contributed by atoms with Gasteiger partial charge in [0, 0.05) is 5.69 Å². The van der Waals surface area contributed by atoms with Crippen LogP contribution in [-0.2, 0) is 17.3 Å². The summed E-state index contributed by atoms with van der Waals surface area (Å²) in [5.41, 5.74) is 4.46. The third-order valence-electron chi connectivity index (χ3n) is 3.29. The Hall–Kier alpha value is -1.76. The molecule has 0 heterocycles. The molecule has 0 saturated carbocycles. The zero-order valence-corrected chi connectivity index (χ0v) is 14.7. The molecule has 4 nitrogen and oxygen atoms in total. The lowest BCUT2D eigenvalue weighted by atomic mass is 9.85. The van der Waals surface area contributed by atoms with Crippen molar-refractivity contribution in [3.8, 4) is 0 Å². The van der Waals surface area contributed by atoms with Crippen LogP contribution < -0.4 is 11.1 Å². The Bertz CT molecular complexity index is 590. The van der Waals surface area contributed by atoms with Gasteiger partial charge in [-0.25, -0.2) is 4.79 Å². The average Bonchev–Trinajstić information content (AvgIpc) is 2.37. The molecule has 0 spiro atoms. The molecule has 1 rings (SSSR count). The van der Waals surface area contributed by atoms with Gasteiger partial charge in [0.15, 0.2) is 0 Å². The third kappa shape index (κ3) is 6.39. The van der Waals surface area contributed by atoms with Crippen LogP contribution in [0.4, 0.5) is 23.7 Å². The smallest absolute Gasteiger partial charge is 0.416 e. The van der Waals surface area contributed by atoms with Crippen molar-refractivity contribution in [2.45, 2.75) is 52.8 Å². The molecule has 0 unspecified atom stereocenters. The number of ether oxygens (including phenoxy) is 1. The molecule has 1 amide bonds. The largest absolute Gasteiger partial charge is 0.444 e. The Labute approximate surface area is 140 Å². The van der Waals surface area contributed by atoms with E-state index in [9.17, 15) is 18.0 Å². The molecule has 1 aromatic rings. The van der Waals surface area contributed by atoms with Gasteiger partial charge in [-0.2, -0.15) is 13.2 Å². The highest BCUT2D eigenvalue weighted by Gasteiger charge is 2.32. The van der Waals surface area contributed by atoms with E-state index in [4.69, 9.17) is 10.5 Å². The van der Waals surface area contributed by atoms with Crippen LogP contribution >= 0.6 is 0 Å². The minimum Gasteiger partial charge on any atom is -0.444 e. The van der Waals surface area contributed by atoms with Gasteiger partial charge < -0.3 is 10.5 Å². The number of carbonyl (C=O) groups excluding carboxylic acids is 1. The van der Waals surface area contributed by atoms with Crippen molar-refractivity contribution in [3.63, 3.8) is 0 Å². The van der Waals surface area contributed by atoms with Gasteiger partial charge in [0.25, 0.3) is 0 Å². The first-order valence-corrected chi connectivity index (χ1v) is 7.64. The van der Waals surface area contributed by atoms with Gasteiger partial charge in [-0.05, 0) is 56.8 Å². The van der Waals surface area contributed by atoms with E-state index in [-0.39, 0.29) is 11.1 Å². The van der Waals surface area contributed by atoms with Crippen LogP contribution in [0.2, 0.25) is 0 Å². The Morgan fingerprint density at radius 1 is 1.17 bits per heavy atom. The van der Waals surface area contributed by atoms with E-state index in [0.29, 0.717) is 18.5 Å². The van der Waals surface area contributed by atoms with E-state index < -0.39 is 23.4 Å². The predicted molar refractivity (Wildman–Crippen MR) is 87.8 cm³/mol. The lowest BCUT2D eigenvalue weighted by Gasteiger charge is -2.25. The van der Waals surface area contributed by atoms with Crippen molar-refractivity contribution in [3.05, 3.63) is 29.3 Å². The third-order valence-corrected chi connectivity index (χ3v) is 3.29. The number of amides is 1. The number of halogens is 3.